The number of carbonyl (C=O) groups excluding carboxylic acids is 1. The highest BCUT2D eigenvalue weighted by Gasteiger charge is 2.24. The number of ether oxygens (including phenoxy) is 1. The van der Waals surface area contributed by atoms with Gasteiger partial charge in [-0.3, -0.25) is 4.90 Å². The minimum Gasteiger partial charge on any atom is -0.445 e. The van der Waals surface area contributed by atoms with Gasteiger partial charge in [-0.05, 0) is 24.9 Å². The Morgan fingerprint density at radius 2 is 2.14 bits per heavy atom. The van der Waals surface area contributed by atoms with E-state index in [1.54, 1.807) is 4.90 Å². The zero-order valence-electron chi connectivity index (χ0n) is 13.4. The van der Waals surface area contributed by atoms with Crippen LogP contribution in [0.2, 0.25) is 0 Å². The first kappa shape index (κ1) is 16.8. The van der Waals surface area contributed by atoms with Crippen molar-refractivity contribution in [1.29, 1.82) is 0 Å². The zero-order chi connectivity index (χ0) is 15.8. The second-order valence-electron chi connectivity index (χ2n) is 5.89. The molecular weight excluding hydrogens is 278 g/mol. The van der Waals surface area contributed by atoms with Crippen LogP contribution in [0, 0.1) is 0 Å². The highest BCUT2D eigenvalue weighted by molar-refractivity contribution is 5.67. The first-order valence-corrected chi connectivity index (χ1v) is 8.06. The van der Waals surface area contributed by atoms with Crippen molar-refractivity contribution in [3.8, 4) is 0 Å². The van der Waals surface area contributed by atoms with E-state index >= 15 is 0 Å². The fourth-order valence-corrected chi connectivity index (χ4v) is 2.95. The second kappa shape index (κ2) is 8.76. The van der Waals surface area contributed by atoms with Gasteiger partial charge in [0, 0.05) is 32.7 Å². The largest absolute Gasteiger partial charge is 0.445 e. The lowest BCUT2D eigenvalue weighted by Gasteiger charge is -2.37. The molecule has 2 N–H and O–H groups in total. The predicted molar refractivity (Wildman–Crippen MR) is 87.5 cm³/mol. The van der Waals surface area contributed by atoms with Crippen LogP contribution in [0.15, 0.2) is 30.3 Å². The Labute approximate surface area is 133 Å². The standard InChI is InChI=1S/C17H27N3O2/c1-19(13-16-9-5-6-11-20(16)12-10-18)17(21)22-14-15-7-3-2-4-8-15/h2-4,7-8,16H,5-6,9-14,18H2,1H3. The van der Waals surface area contributed by atoms with Gasteiger partial charge in [0.15, 0.2) is 0 Å². The lowest BCUT2D eigenvalue weighted by atomic mass is 10.0. The summed E-state index contributed by atoms with van der Waals surface area (Å²) < 4.78 is 5.37. The van der Waals surface area contributed by atoms with Gasteiger partial charge in [0.05, 0.1) is 0 Å². The molecule has 1 aliphatic heterocycles. The van der Waals surface area contributed by atoms with Gasteiger partial charge in [0.25, 0.3) is 0 Å². The molecule has 0 aliphatic carbocycles. The van der Waals surface area contributed by atoms with Gasteiger partial charge in [-0.25, -0.2) is 4.79 Å². The van der Waals surface area contributed by atoms with Crippen LogP contribution >= 0.6 is 0 Å². The SMILES string of the molecule is CN(CC1CCCCN1CCN)C(=O)OCc1ccccc1. The molecule has 0 saturated carbocycles. The molecule has 0 spiro atoms. The fourth-order valence-electron chi connectivity index (χ4n) is 2.95. The maximum absolute atomic E-state index is 12.1. The van der Waals surface area contributed by atoms with Crippen molar-refractivity contribution >= 4 is 6.09 Å². The number of benzene rings is 1. The molecule has 1 aromatic rings. The van der Waals surface area contributed by atoms with Crippen LogP contribution in [0.4, 0.5) is 4.79 Å². The Bertz CT molecular complexity index is 450. The average molecular weight is 305 g/mol. The van der Waals surface area contributed by atoms with Gasteiger partial charge in [-0.1, -0.05) is 36.8 Å². The maximum atomic E-state index is 12.1. The van der Waals surface area contributed by atoms with E-state index in [-0.39, 0.29) is 6.09 Å². The summed E-state index contributed by atoms with van der Waals surface area (Å²) in [4.78, 5) is 16.2. The maximum Gasteiger partial charge on any atom is 0.409 e. The highest BCUT2D eigenvalue weighted by atomic mass is 16.6. The van der Waals surface area contributed by atoms with E-state index in [0.29, 0.717) is 25.7 Å². The first-order valence-electron chi connectivity index (χ1n) is 8.06. The summed E-state index contributed by atoms with van der Waals surface area (Å²) in [5, 5.41) is 0. The van der Waals surface area contributed by atoms with Crippen LogP contribution < -0.4 is 5.73 Å². The summed E-state index contributed by atoms with van der Waals surface area (Å²) in [6.45, 7) is 3.67. The van der Waals surface area contributed by atoms with E-state index < -0.39 is 0 Å². The molecule has 22 heavy (non-hydrogen) atoms. The van der Waals surface area contributed by atoms with Crippen LogP contribution in [0.5, 0.6) is 0 Å². The Kier molecular flexibility index (Phi) is 6.68. The molecular formula is C17H27N3O2. The van der Waals surface area contributed by atoms with Crippen molar-refractivity contribution in [3.05, 3.63) is 35.9 Å². The molecule has 1 heterocycles. The van der Waals surface area contributed by atoms with Gasteiger partial charge < -0.3 is 15.4 Å². The molecule has 5 heteroatoms. The molecule has 1 aromatic carbocycles. The van der Waals surface area contributed by atoms with E-state index in [2.05, 4.69) is 4.90 Å². The summed E-state index contributed by atoms with van der Waals surface area (Å²) >= 11 is 0. The molecule has 1 fully saturated rings. The fraction of sp³-hybridized carbons (Fsp3) is 0.588. The number of rotatable bonds is 6. The second-order valence-corrected chi connectivity index (χ2v) is 5.89. The van der Waals surface area contributed by atoms with Gasteiger partial charge >= 0.3 is 6.09 Å². The number of nitrogens with two attached hydrogens (primary N) is 1. The Balaban J connectivity index is 1.79. The molecule has 1 unspecified atom stereocenters. The van der Waals surface area contributed by atoms with E-state index in [1.807, 2.05) is 37.4 Å². The summed E-state index contributed by atoms with van der Waals surface area (Å²) in [7, 11) is 1.81. The van der Waals surface area contributed by atoms with E-state index in [1.165, 1.54) is 12.8 Å². The molecule has 0 aromatic heterocycles. The summed E-state index contributed by atoms with van der Waals surface area (Å²) in [6, 6.07) is 10.1. The topological polar surface area (TPSA) is 58.8 Å². The van der Waals surface area contributed by atoms with Crippen LogP contribution in [0.3, 0.4) is 0 Å². The molecule has 122 valence electrons. The van der Waals surface area contributed by atoms with Gasteiger partial charge in [0.1, 0.15) is 6.61 Å². The third-order valence-corrected chi connectivity index (χ3v) is 4.17. The molecule has 1 aliphatic rings. The third kappa shape index (κ3) is 5.00. The number of hydrogen-bond acceptors (Lipinski definition) is 4. The molecule has 1 amide bonds. The highest BCUT2D eigenvalue weighted by Crippen LogP contribution is 2.17. The normalized spacial score (nSPS) is 18.9. The summed E-state index contributed by atoms with van der Waals surface area (Å²) in [5.41, 5.74) is 6.68. The molecule has 1 saturated heterocycles. The Hall–Kier alpha value is -1.59. The molecule has 5 nitrogen and oxygen atoms in total. The number of amides is 1. The number of piperidine rings is 1. The van der Waals surface area contributed by atoms with Crippen molar-refractivity contribution in [2.75, 3.05) is 33.2 Å². The lowest BCUT2D eigenvalue weighted by molar-refractivity contribution is 0.0792. The molecule has 0 bridgehead atoms. The van der Waals surface area contributed by atoms with Crippen molar-refractivity contribution in [2.45, 2.75) is 31.9 Å². The molecule has 1 atom stereocenters. The third-order valence-electron chi connectivity index (χ3n) is 4.17. The smallest absolute Gasteiger partial charge is 0.409 e. The van der Waals surface area contributed by atoms with Crippen molar-refractivity contribution < 1.29 is 9.53 Å². The van der Waals surface area contributed by atoms with Crippen molar-refractivity contribution in [3.63, 3.8) is 0 Å². The summed E-state index contributed by atoms with van der Waals surface area (Å²) in [5.74, 6) is 0. The first-order chi connectivity index (χ1) is 10.7. The lowest BCUT2D eigenvalue weighted by Crippen LogP contribution is -2.48. The monoisotopic (exact) mass is 305 g/mol. The molecule has 0 radical (unpaired) electrons. The number of nitrogens with zero attached hydrogens (tertiary/aromatic N) is 2. The van der Waals surface area contributed by atoms with Gasteiger partial charge in [-0.15, -0.1) is 0 Å². The quantitative estimate of drug-likeness (QED) is 0.874. The average Bonchev–Trinajstić information content (AvgIpc) is 2.55. The number of likely N-dealkylation sites (N-methyl/N-ethyl adjacent to an activating group) is 1. The number of likely N-dealkylation sites (tertiary alicyclic amines) is 1. The minimum absolute atomic E-state index is 0.262. The summed E-state index contributed by atoms with van der Waals surface area (Å²) in [6.07, 6.45) is 3.30. The van der Waals surface area contributed by atoms with Crippen LogP contribution in [0.25, 0.3) is 0 Å². The van der Waals surface area contributed by atoms with Crippen LogP contribution in [0.1, 0.15) is 24.8 Å². The van der Waals surface area contributed by atoms with E-state index in [9.17, 15) is 4.79 Å². The predicted octanol–water partition coefficient (Wildman–Crippen LogP) is 2.07. The van der Waals surface area contributed by atoms with Crippen LogP contribution in [-0.4, -0.2) is 55.2 Å². The van der Waals surface area contributed by atoms with Crippen molar-refractivity contribution in [1.82, 2.24) is 9.80 Å². The van der Waals surface area contributed by atoms with Gasteiger partial charge in [-0.2, -0.15) is 0 Å². The Morgan fingerprint density at radius 3 is 2.86 bits per heavy atom. The minimum atomic E-state index is -0.262. The van der Waals surface area contributed by atoms with Crippen molar-refractivity contribution in [2.24, 2.45) is 5.73 Å². The zero-order valence-corrected chi connectivity index (χ0v) is 13.4. The number of carbonyl (C=O) groups is 1. The molecule has 2 rings (SSSR count). The van der Waals surface area contributed by atoms with E-state index in [0.717, 1.165) is 25.1 Å². The van der Waals surface area contributed by atoms with Crippen LogP contribution in [-0.2, 0) is 11.3 Å². The van der Waals surface area contributed by atoms with Gasteiger partial charge in [0.2, 0.25) is 0 Å². The van der Waals surface area contributed by atoms with E-state index in [4.69, 9.17) is 10.5 Å². The number of hydrogen-bond donors (Lipinski definition) is 1. The Morgan fingerprint density at radius 1 is 1.36 bits per heavy atom.